The average molecular weight is 291 g/mol. The van der Waals surface area contributed by atoms with E-state index in [4.69, 9.17) is 5.73 Å². The first kappa shape index (κ1) is 12.6. The zero-order chi connectivity index (χ0) is 15.3. The molecule has 0 bridgehead atoms. The molecule has 6 heteroatoms. The highest BCUT2D eigenvalue weighted by molar-refractivity contribution is 6.12. The van der Waals surface area contributed by atoms with Gasteiger partial charge in [-0.2, -0.15) is 10.2 Å². The molecule has 0 fully saturated rings. The number of amides is 1. The first-order valence-corrected chi connectivity index (χ1v) is 6.87. The highest BCUT2D eigenvalue weighted by Crippen LogP contribution is 2.28. The molecule has 1 amide bonds. The number of aromatic nitrogens is 4. The summed E-state index contributed by atoms with van der Waals surface area (Å²) in [5.41, 5.74) is 9.58. The third kappa shape index (κ3) is 1.70. The fraction of sp³-hybridized carbons (Fsp3) is 0.0625. The Kier molecular flexibility index (Phi) is 2.53. The monoisotopic (exact) mass is 291 g/mol. The highest BCUT2D eigenvalue weighted by atomic mass is 16.1. The minimum Gasteiger partial charge on any atom is -0.364 e. The molecule has 0 aliphatic heterocycles. The van der Waals surface area contributed by atoms with Crippen LogP contribution < -0.4 is 5.73 Å². The molecule has 22 heavy (non-hydrogen) atoms. The van der Waals surface area contributed by atoms with Crippen LogP contribution in [-0.4, -0.2) is 25.9 Å². The first-order chi connectivity index (χ1) is 10.6. The molecule has 0 saturated carbocycles. The van der Waals surface area contributed by atoms with Gasteiger partial charge in [0.15, 0.2) is 0 Å². The molecule has 0 unspecified atom stereocenters. The molecule has 4 aromatic rings. The van der Waals surface area contributed by atoms with Gasteiger partial charge in [-0.25, -0.2) is 0 Å². The van der Waals surface area contributed by atoms with E-state index in [-0.39, 0.29) is 0 Å². The second-order valence-electron chi connectivity index (χ2n) is 5.26. The summed E-state index contributed by atoms with van der Waals surface area (Å²) in [7, 11) is 0. The molecule has 2 heterocycles. The first-order valence-electron chi connectivity index (χ1n) is 6.87. The van der Waals surface area contributed by atoms with Crippen molar-refractivity contribution < 1.29 is 4.79 Å². The number of nitrogens with zero attached hydrogens (tertiary/aromatic N) is 3. The van der Waals surface area contributed by atoms with E-state index in [1.54, 1.807) is 6.20 Å². The average Bonchev–Trinajstić information content (AvgIpc) is 3.11. The number of carbonyl (C=O) groups excluding carboxylic acids is 1. The molecule has 0 atom stereocenters. The zero-order valence-electron chi connectivity index (χ0n) is 11.9. The molecule has 0 aliphatic rings. The Morgan fingerprint density at radius 2 is 1.91 bits per heavy atom. The summed E-state index contributed by atoms with van der Waals surface area (Å²) in [4.78, 5) is 11.7. The Balaban J connectivity index is 2.14. The summed E-state index contributed by atoms with van der Waals surface area (Å²) in [6.07, 6.45) is 1.70. The number of fused-ring (bicyclic) bond motifs is 3. The molecule has 0 saturated heterocycles. The third-order valence-corrected chi connectivity index (χ3v) is 3.80. The summed E-state index contributed by atoms with van der Waals surface area (Å²) < 4.78 is 1.85. The van der Waals surface area contributed by atoms with E-state index in [1.165, 1.54) is 0 Å². The van der Waals surface area contributed by atoms with E-state index in [2.05, 4.69) is 15.3 Å². The lowest BCUT2D eigenvalue weighted by Crippen LogP contribution is -2.12. The number of benzene rings is 2. The van der Waals surface area contributed by atoms with Crippen LogP contribution in [-0.2, 0) is 0 Å². The van der Waals surface area contributed by atoms with Crippen LogP contribution in [0.5, 0.6) is 0 Å². The number of primary amides is 1. The minimum atomic E-state index is -0.498. The maximum Gasteiger partial charge on any atom is 0.267 e. The quantitative estimate of drug-likeness (QED) is 0.594. The van der Waals surface area contributed by atoms with Crippen molar-refractivity contribution in [3.8, 4) is 5.69 Å². The summed E-state index contributed by atoms with van der Waals surface area (Å²) in [5.74, 6) is -0.498. The molecule has 3 N–H and O–H groups in total. The number of hydrogen-bond acceptors (Lipinski definition) is 3. The zero-order valence-corrected chi connectivity index (χ0v) is 11.9. The molecular weight excluding hydrogens is 278 g/mol. The van der Waals surface area contributed by atoms with Gasteiger partial charge < -0.3 is 5.73 Å². The van der Waals surface area contributed by atoms with Gasteiger partial charge in [0.2, 0.25) is 0 Å². The van der Waals surface area contributed by atoms with Gasteiger partial charge >= 0.3 is 0 Å². The van der Waals surface area contributed by atoms with E-state index in [0.29, 0.717) is 5.69 Å². The molecule has 4 rings (SSSR count). The van der Waals surface area contributed by atoms with Crippen molar-refractivity contribution in [1.82, 2.24) is 20.0 Å². The van der Waals surface area contributed by atoms with Crippen molar-refractivity contribution in [2.24, 2.45) is 5.73 Å². The summed E-state index contributed by atoms with van der Waals surface area (Å²) in [6.45, 7) is 2.03. The molecule has 2 aromatic heterocycles. The Labute approximate surface area is 125 Å². The summed E-state index contributed by atoms with van der Waals surface area (Å²) in [6, 6.07) is 11.7. The predicted molar refractivity (Wildman–Crippen MR) is 84.0 cm³/mol. The Morgan fingerprint density at radius 3 is 2.64 bits per heavy atom. The predicted octanol–water partition coefficient (Wildman–Crippen LogP) is 2.31. The van der Waals surface area contributed by atoms with Crippen LogP contribution in [0.2, 0.25) is 0 Å². The van der Waals surface area contributed by atoms with Gasteiger partial charge in [0.25, 0.3) is 5.91 Å². The van der Waals surface area contributed by atoms with E-state index in [0.717, 1.165) is 33.1 Å². The smallest absolute Gasteiger partial charge is 0.267 e. The van der Waals surface area contributed by atoms with E-state index in [1.807, 2.05) is 48.0 Å². The van der Waals surface area contributed by atoms with Gasteiger partial charge in [0.1, 0.15) is 5.69 Å². The number of nitrogens with two attached hydrogens (primary N) is 1. The lowest BCUT2D eigenvalue weighted by atomic mass is 10.1. The topological polar surface area (TPSA) is 89.6 Å². The lowest BCUT2D eigenvalue weighted by Gasteiger charge is -2.06. The summed E-state index contributed by atoms with van der Waals surface area (Å²) in [5, 5.41) is 12.8. The Hall–Kier alpha value is -3.15. The molecule has 0 radical (unpaired) electrons. The molecule has 0 spiro atoms. The number of rotatable bonds is 2. The van der Waals surface area contributed by atoms with Crippen LogP contribution in [0.4, 0.5) is 0 Å². The van der Waals surface area contributed by atoms with Gasteiger partial charge in [0, 0.05) is 10.8 Å². The van der Waals surface area contributed by atoms with Gasteiger partial charge in [-0.05, 0) is 31.2 Å². The van der Waals surface area contributed by atoms with Gasteiger partial charge in [-0.1, -0.05) is 17.7 Å². The SMILES string of the molecule is Cc1ccc(-n2[nH]c(C(N)=O)c3ccc4nncc4c32)cc1. The molecule has 108 valence electrons. The van der Waals surface area contributed by atoms with Gasteiger partial charge in [-0.15, -0.1) is 0 Å². The van der Waals surface area contributed by atoms with E-state index in [9.17, 15) is 4.79 Å². The Bertz CT molecular complexity index is 1010. The number of nitrogens with one attached hydrogen (secondary N) is 1. The molecule has 0 aliphatic carbocycles. The van der Waals surface area contributed by atoms with Crippen LogP contribution in [0.1, 0.15) is 16.1 Å². The number of H-pyrrole nitrogens is 1. The Morgan fingerprint density at radius 1 is 1.14 bits per heavy atom. The van der Waals surface area contributed by atoms with Gasteiger partial charge in [-0.3, -0.25) is 14.6 Å². The van der Waals surface area contributed by atoms with Crippen LogP contribution in [0.3, 0.4) is 0 Å². The fourth-order valence-corrected chi connectivity index (χ4v) is 2.71. The van der Waals surface area contributed by atoms with Crippen molar-refractivity contribution in [2.45, 2.75) is 6.92 Å². The summed E-state index contributed by atoms with van der Waals surface area (Å²) >= 11 is 0. The number of aromatic amines is 1. The van der Waals surface area contributed by atoms with Crippen molar-refractivity contribution >= 4 is 27.7 Å². The number of carbonyl (C=O) groups is 1. The van der Waals surface area contributed by atoms with E-state index >= 15 is 0 Å². The van der Waals surface area contributed by atoms with E-state index < -0.39 is 5.91 Å². The van der Waals surface area contributed by atoms with Crippen LogP contribution in [0, 0.1) is 6.92 Å². The fourth-order valence-electron chi connectivity index (χ4n) is 2.71. The van der Waals surface area contributed by atoms with Crippen molar-refractivity contribution in [3.05, 3.63) is 53.9 Å². The third-order valence-electron chi connectivity index (χ3n) is 3.80. The number of hydrogen-bond donors (Lipinski definition) is 2. The van der Waals surface area contributed by atoms with Gasteiger partial charge in [0.05, 0.1) is 22.9 Å². The van der Waals surface area contributed by atoms with Crippen LogP contribution >= 0.6 is 0 Å². The highest BCUT2D eigenvalue weighted by Gasteiger charge is 2.17. The largest absolute Gasteiger partial charge is 0.364 e. The number of aryl methyl sites for hydroxylation is 1. The van der Waals surface area contributed by atoms with Crippen molar-refractivity contribution in [2.75, 3.05) is 0 Å². The second kappa shape index (κ2) is 4.42. The molecular formula is C16H13N5O. The van der Waals surface area contributed by atoms with Crippen molar-refractivity contribution in [3.63, 3.8) is 0 Å². The van der Waals surface area contributed by atoms with Crippen LogP contribution in [0.25, 0.3) is 27.5 Å². The second-order valence-corrected chi connectivity index (χ2v) is 5.26. The van der Waals surface area contributed by atoms with Crippen molar-refractivity contribution in [1.29, 1.82) is 0 Å². The standard InChI is InChI=1S/C16H13N5O/c1-9-2-4-10(5-3-9)21-15-11(14(20-21)16(17)22)6-7-13-12(15)8-18-19-13/h2-8,20H,1H3,(H2,17,22). The lowest BCUT2D eigenvalue weighted by molar-refractivity contribution is 0.0996. The van der Waals surface area contributed by atoms with Crippen LogP contribution in [0.15, 0.2) is 42.6 Å². The molecule has 2 aromatic carbocycles. The minimum absolute atomic E-state index is 0.374. The maximum absolute atomic E-state index is 11.7. The normalized spacial score (nSPS) is 11.3. The maximum atomic E-state index is 11.7. The molecule has 6 nitrogen and oxygen atoms in total.